The number of phenolic OH excluding ortho intramolecular Hbond substituents is 3. The van der Waals surface area contributed by atoms with E-state index in [0.29, 0.717) is 10.6 Å². The van der Waals surface area contributed by atoms with E-state index in [-0.39, 0.29) is 27.7 Å². The van der Waals surface area contributed by atoms with E-state index in [0.717, 1.165) is 33.4 Å². The molecule has 198 valence electrons. The lowest BCUT2D eigenvalue weighted by atomic mass is 9.69. The molecule has 38 heavy (non-hydrogen) atoms. The smallest absolute Gasteiger partial charge is 0.128 e. The lowest BCUT2D eigenvalue weighted by molar-refractivity contribution is 0.461. The van der Waals surface area contributed by atoms with E-state index < -0.39 is 0 Å². The molecule has 0 heterocycles. The van der Waals surface area contributed by atoms with Crippen LogP contribution in [-0.2, 0) is 16.2 Å². The van der Waals surface area contributed by atoms with Gasteiger partial charge in [-0.15, -0.1) is 12.6 Å². The van der Waals surface area contributed by atoms with Crippen molar-refractivity contribution in [3.63, 3.8) is 0 Å². The first-order chi connectivity index (χ1) is 17.6. The van der Waals surface area contributed by atoms with Crippen molar-refractivity contribution in [3.8, 4) is 17.2 Å². The third-order valence-corrected chi connectivity index (χ3v) is 8.66. The maximum Gasteiger partial charge on any atom is 0.128 e. The molecule has 4 rings (SSSR count). The molecule has 3 nitrogen and oxygen atoms in total. The molecule has 4 aromatic rings. The van der Waals surface area contributed by atoms with Crippen LogP contribution in [0.5, 0.6) is 17.2 Å². The molecule has 0 aliphatic carbocycles. The van der Waals surface area contributed by atoms with E-state index in [9.17, 15) is 15.3 Å². The van der Waals surface area contributed by atoms with Crippen molar-refractivity contribution in [1.82, 2.24) is 0 Å². The van der Waals surface area contributed by atoms with Crippen LogP contribution in [0.3, 0.4) is 0 Å². The van der Waals surface area contributed by atoms with E-state index in [1.54, 1.807) is 24.3 Å². The van der Waals surface area contributed by atoms with E-state index in [2.05, 4.69) is 78.4 Å². The minimum atomic E-state index is -0.373. The maximum atomic E-state index is 10.2. The molecule has 4 heteroatoms. The molecule has 0 radical (unpaired) electrons. The van der Waals surface area contributed by atoms with Gasteiger partial charge < -0.3 is 15.3 Å². The average molecular weight is 527 g/mol. The summed E-state index contributed by atoms with van der Waals surface area (Å²) in [6.07, 6.45) is 0. The maximum absolute atomic E-state index is 10.2. The van der Waals surface area contributed by atoms with Crippen LogP contribution in [0.1, 0.15) is 80.5 Å². The van der Waals surface area contributed by atoms with Crippen LogP contribution in [-0.4, -0.2) is 15.3 Å². The number of aromatic hydroxyl groups is 3. The molecule has 0 atom stereocenters. The summed E-state index contributed by atoms with van der Waals surface area (Å²) in [6, 6.07) is 25.7. The molecule has 0 aliphatic heterocycles. The molecule has 4 aromatic carbocycles. The Kier molecular flexibility index (Phi) is 7.09. The molecular formula is C34H38O3S. The molecule has 0 saturated heterocycles. The minimum absolute atomic E-state index is 0.166. The molecule has 0 amide bonds. The standard InChI is InChI=1S/C34H38O3S/c1-21-16-23(10-14-29(21)36)33(4,5)26-17-25(32(2,3)22-8-12-28(35)13-9-22)18-27(19-26)34(6,7)24-11-15-30(37)31(38)20-24/h8-20,35-38H,1-7H3. The fourth-order valence-electron chi connectivity index (χ4n) is 5.04. The van der Waals surface area contributed by atoms with Crippen molar-refractivity contribution >= 4 is 12.6 Å². The molecular weight excluding hydrogens is 488 g/mol. The highest BCUT2D eigenvalue weighted by molar-refractivity contribution is 7.80. The van der Waals surface area contributed by atoms with Gasteiger partial charge in [-0.05, 0) is 76.2 Å². The fourth-order valence-corrected chi connectivity index (χ4v) is 5.26. The van der Waals surface area contributed by atoms with Crippen molar-refractivity contribution in [2.45, 2.75) is 69.6 Å². The predicted octanol–water partition coefficient (Wildman–Crippen LogP) is 8.38. The zero-order valence-electron chi connectivity index (χ0n) is 23.3. The number of aryl methyl sites for hydroxylation is 1. The second-order valence-corrected chi connectivity index (χ2v) is 12.4. The lowest BCUT2D eigenvalue weighted by Gasteiger charge is -2.35. The Labute approximate surface area is 232 Å². The Morgan fingerprint density at radius 3 is 1.32 bits per heavy atom. The van der Waals surface area contributed by atoms with Crippen LogP contribution < -0.4 is 0 Å². The van der Waals surface area contributed by atoms with Crippen LogP contribution in [0.25, 0.3) is 0 Å². The summed E-state index contributed by atoms with van der Waals surface area (Å²) in [5.41, 5.74) is 6.58. The minimum Gasteiger partial charge on any atom is -0.508 e. The second-order valence-electron chi connectivity index (χ2n) is 11.9. The Morgan fingerprint density at radius 1 is 0.474 bits per heavy atom. The van der Waals surface area contributed by atoms with Gasteiger partial charge in [-0.2, -0.15) is 0 Å². The van der Waals surface area contributed by atoms with Crippen molar-refractivity contribution in [2.24, 2.45) is 0 Å². The van der Waals surface area contributed by atoms with Crippen LogP contribution >= 0.6 is 12.6 Å². The first-order valence-corrected chi connectivity index (χ1v) is 13.4. The summed E-state index contributed by atoms with van der Waals surface area (Å²) in [5, 5.41) is 30.1. The molecule has 0 aromatic heterocycles. The zero-order valence-corrected chi connectivity index (χ0v) is 24.2. The molecule has 0 spiro atoms. The van der Waals surface area contributed by atoms with E-state index >= 15 is 0 Å². The zero-order chi connectivity index (χ0) is 28.0. The summed E-state index contributed by atoms with van der Waals surface area (Å²) >= 11 is 4.47. The van der Waals surface area contributed by atoms with Gasteiger partial charge in [0.2, 0.25) is 0 Å². The highest BCUT2D eigenvalue weighted by atomic mass is 32.1. The van der Waals surface area contributed by atoms with Gasteiger partial charge in [0.15, 0.2) is 0 Å². The molecule has 0 unspecified atom stereocenters. The Morgan fingerprint density at radius 2 is 0.868 bits per heavy atom. The molecule has 0 bridgehead atoms. The number of phenols is 3. The van der Waals surface area contributed by atoms with Crippen LogP contribution in [0, 0.1) is 6.92 Å². The van der Waals surface area contributed by atoms with Crippen molar-refractivity contribution in [3.05, 3.63) is 118 Å². The monoisotopic (exact) mass is 526 g/mol. The van der Waals surface area contributed by atoms with E-state index in [4.69, 9.17) is 0 Å². The number of thiol groups is 1. The highest BCUT2D eigenvalue weighted by Gasteiger charge is 2.33. The summed E-state index contributed by atoms with van der Waals surface area (Å²) in [7, 11) is 0. The predicted molar refractivity (Wildman–Crippen MR) is 159 cm³/mol. The van der Waals surface area contributed by atoms with E-state index in [1.165, 1.54) is 5.56 Å². The van der Waals surface area contributed by atoms with Gasteiger partial charge in [-0.3, -0.25) is 0 Å². The lowest BCUT2D eigenvalue weighted by Crippen LogP contribution is -2.26. The number of hydrogen-bond donors (Lipinski definition) is 4. The Bertz CT molecular complexity index is 1400. The number of rotatable bonds is 6. The summed E-state index contributed by atoms with van der Waals surface area (Å²) < 4.78 is 0. The van der Waals surface area contributed by atoms with Gasteiger partial charge >= 0.3 is 0 Å². The van der Waals surface area contributed by atoms with Gasteiger partial charge in [-0.1, -0.05) is 90.1 Å². The van der Waals surface area contributed by atoms with Crippen LogP contribution in [0.15, 0.2) is 83.8 Å². The Hall–Kier alpha value is -3.37. The van der Waals surface area contributed by atoms with E-state index in [1.807, 2.05) is 37.3 Å². The van der Waals surface area contributed by atoms with Crippen LogP contribution in [0.2, 0.25) is 0 Å². The highest BCUT2D eigenvalue weighted by Crippen LogP contribution is 2.43. The van der Waals surface area contributed by atoms with Gasteiger partial charge in [0.1, 0.15) is 17.2 Å². The summed E-state index contributed by atoms with van der Waals surface area (Å²) in [5.74, 6) is 0.710. The largest absolute Gasteiger partial charge is 0.508 e. The molecule has 0 fully saturated rings. The first-order valence-electron chi connectivity index (χ1n) is 12.9. The van der Waals surface area contributed by atoms with Gasteiger partial charge in [0.25, 0.3) is 0 Å². The third kappa shape index (κ3) is 5.02. The SMILES string of the molecule is Cc1cc(C(C)(C)c2cc(C(C)(C)c3ccc(O)cc3)cc(C(C)(C)c3ccc(O)c(S)c3)c2)ccc1O. The molecule has 0 saturated carbocycles. The van der Waals surface area contributed by atoms with Gasteiger partial charge in [0.05, 0.1) is 0 Å². The third-order valence-electron chi connectivity index (χ3n) is 8.30. The van der Waals surface area contributed by atoms with Gasteiger partial charge in [-0.25, -0.2) is 0 Å². The van der Waals surface area contributed by atoms with Crippen molar-refractivity contribution in [2.75, 3.05) is 0 Å². The van der Waals surface area contributed by atoms with Crippen molar-refractivity contribution < 1.29 is 15.3 Å². The average Bonchev–Trinajstić information content (AvgIpc) is 2.87. The summed E-state index contributed by atoms with van der Waals surface area (Å²) in [6.45, 7) is 15.2. The second kappa shape index (κ2) is 9.74. The fraction of sp³-hybridized carbons (Fsp3) is 0.294. The Balaban J connectivity index is 1.96. The topological polar surface area (TPSA) is 60.7 Å². The quantitative estimate of drug-likeness (QED) is 0.191. The first kappa shape index (κ1) is 27.7. The van der Waals surface area contributed by atoms with Crippen molar-refractivity contribution in [1.29, 1.82) is 0 Å². The number of hydrogen-bond acceptors (Lipinski definition) is 4. The molecule has 0 aliphatic rings. The van der Waals surface area contributed by atoms with Crippen LogP contribution in [0.4, 0.5) is 0 Å². The van der Waals surface area contributed by atoms with Gasteiger partial charge in [0, 0.05) is 21.1 Å². The number of benzene rings is 4. The summed E-state index contributed by atoms with van der Waals surface area (Å²) in [4.78, 5) is 0.552. The normalized spacial score (nSPS) is 12.5. The molecule has 3 N–H and O–H groups in total.